The molecular formula is C19H18N4O4S. The molecule has 0 aliphatic carbocycles. The van der Waals surface area contributed by atoms with E-state index < -0.39 is 10.0 Å². The van der Waals surface area contributed by atoms with E-state index in [-0.39, 0.29) is 17.5 Å². The van der Waals surface area contributed by atoms with Gasteiger partial charge in [0.2, 0.25) is 6.79 Å². The molecule has 1 aliphatic heterocycles. The van der Waals surface area contributed by atoms with E-state index in [4.69, 9.17) is 9.47 Å². The van der Waals surface area contributed by atoms with Crippen LogP contribution in [0.15, 0.2) is 53.4 Å². The van der Waals surface area contributed by atoms with Crippen LogP contribution < -0.4 is 19.5 Å². The molecule has 0 atom stereocenters. The SMILES string of the molecule is Cc1cc(C)cc(Nc2ccc(NS(=O)(=O)c3ccc4c(c3)OCO4)nn2)c1. The molecule has 3 aromatic rings. The lowest BCUT2D eigenvalue weighted by atomic mass is 10.1. The number of rotatable bonds is 5. The third kappa shape index (κ3) is 3.84. The Hall–Kier alpha value is -3.33. The lowest BCUT2D eigenvalue weighted by molar-refractivity contribution is 0.174. The molecule has 0 radical (unpaired) electrons. The normalized spacial score (nSPS) is 12.6. The average molecular weight is 398 g/mol. The Morgan fingerprint density at radius 3 is 2.25 bits per heavy atom. The second-order valence-electron chi connectivity index (χ2n) is 6.43. The van der Waals surface area contributed by atoms with E-state index in [0.717, 1.165) is 16.8 Å². The summed E-state index contributed by atoms with van der Waals surface area (Å²) in [5.74, 6) is 1.53. The van der Waals surface area contributed by atoms with E-state index >= 15 is 0 Å². The second-order valence-corrected chi connectivity index (χ2v) is 8.11. The van der Waals surface area contributed by atoms with Crippen LogP contribution >= 0.6 is 0 Å². The van der Waals surface area contributed by atoms with Crippen LogP contribution in [0, 0.1) is 13.8 Å². The molecule has 1 aromatic heterocycles. The molecule has 8 nitrogen and oxygen atoms in total. The molecule has 0 spiro atoms. The van der Waals surface area contributed by atoms with Gasteiger partial charge in [0.25, 0.3) is 10.0 Å². The third-order valence-electron chi connectivity index (χ3n) is 4.05. The van der Waals surface area contributed by atoms with Crippen LogP contribution in [0.2, 0.25) is 0 Å². The van der Waals surface area contributed by atoms with Crippen LogP contribution in [-0.2, 0) is 10.0 Å². The molecule has 2 heterocycles. The number of benzene rings is 2. The van der Waals surface area contributed by atoms with E-state index in [1.165, 1.54) is 12.1 Å². The smallest absolute Gasteiger partial charge is 0.263 e. The average Bonchev–Trinajstić information content (AvgIpc) is 3.10. The van der Waals surface area contributed by atoms with Gasteiger partial charge in [-0.15, -0.1) is 10.2 Å². The highest BCUT2D eigenvalue weighted by Gasteiger charge is 2.20. The summed E-state index contributed by atoms with van der Waals surface area (Å²) in [6.07, 6.45) is 0. The van der Waals surface area contributed by atoms with Crippen molar-refractivity contribution in [3.05, 3.63) is 59.7 Å². The number of sulfonamides is 1. The first-order chi connectivity index (χ1) is 13.4. The number of fused-ring (bicyclic) bond motifs is 1. The fraction of sp³-hybridized carbons (Fsp3) is 0.158. The summed E-state index contributed by atoms with van der Waals surface area (Å²) in [5.41, 5.74) is 3.15. The fourth-order valence-corrected chi connectivity index (χ4v) is 3.90. The van der Waals surface area contributed by atoms with E-state index in [1.807, 2.05) is 26.0 Å². The van der Waals surface area contributed by atoms with Crippen molar-refractivity contribution < 1.29 is 17.9 Å². The van der Waals surface area contributed by atoms with E-state index in [9.17, 15) is 8.42 Å². The summed E-state index contributed by atoms with van der Waals surface area (Å²) in [6, 6.07) is 13.7. The number of hydrogen-bond acceptors (Lipinski definition) is 7. The first-order valence-corrected chi connectivity index (χ1v) is 9.99. The maximum absolute atomic E-state index is 12.6. The van der Waals surface area contributed by atoms with Crippen molar-refractivity contribution in [2.45, 2.75) is 18.7 Å². The molecule has 0 amide bonds. The zero-order valence-corrected chi connectivity index (χ0v) is 16.1. The molecule has 9 heteroatoms. The van der Waals surface area contributed by atoms with Crippen LogP contribution in [0.5, 0.6) is 11.5 Å². The van der Waals surface area contributed by atoms with Gasteiger partial charge in [-0.2, -0.15) is 0 Å². The summed E-state index contributed by atoms with van der Waals surface area (Å²) in [7, 11) is -3.83. The molecule has 1 aliphatic rings. The van der Waals surface area contributed by atoms with Crippen molar-refractivity contribution in [1.82, 2.24) is 10.2 Å². The van der Waals surface area contributed by atoms with Gasteiger partial charge in [0, 0.05) is 11.8 Å². The number of hydrogen-bond donors (Lipinski definition) is 2. The molecule has 0 bridgehead atoms. The maximum atomic E-state index is 12.6. The molecule has 2 N–H and O–H groups in total. The molecular weight excluding hydrogens is 380 g/mol. The van der Waals surface area contributed by atoms with Crippen LogP contribution in [0.1, 0.15) is 11.1 Å². The van der Waals surface area contributed by atoms with E-state index in [1.54, 1.807) is 18.2 Å². The number of aryl methyl sites for hydroxylation is 2. The topological polar surface area (TPSA) is 102 Å². The molecule has 144 valence electrons. The summed E-state index contributed by atoms with van der Waals surface area (Å²) in [6.45, 7) is 4.10. The van der Waals surface area contributed by atoms with Crippen molar-refractivity contribution in [1.29, 1.82) is 0 Å². The highest BCUT2D eigenvalue weighted by molar-refractivity contribution is 7.92. The largest absolute Gasteiger partial charge is 0.454 e. The van der Waals surface area contributed by atoms with Crippen molar-refractivity contribution in [2.75, 3.05) is 16.8 Å². The molecule has 0 unspecified atom stereocenters. The van der Waals surface area contributed by atoms with Crippen LogP contribution in [-0.4, -0.2) is 25.4 Å². The van der Waals surface area contributed by atoms with Gasteiger partial charge >= 0.3 is 0 Å². The maximum Gasteiger partial charge on any atom is 0.263 e. The number of ether oxygens (including phenoxy) is 2. The monoisotopic (exact) mass is 398 g/mol. The zero-order chi connectivity index (χ0) is 19.7. The van der Waals surface area contributed by atoms with Crippen LogP contribution in [0.25, 0.3) is 0 Å². The number of nitrogens with one attached hydrogen (secondary N) is 2. The van der Waals surface area contributed by atoms with Gasteiger partial charge in [0.1, 0.15) is 0 Å². The molecule has 4 rings (SSSR count). The van der Waals surface area contributed by atoms with Gasteiger partial charge in [0.15, 0.2) is 23.1 Å². The van der Waals surface area contributed by atoms with Gasteiger partial charge in [-0.1, -0.05) is 6.07 Å². The summed E-state index contributed by atoms with van der Waals surface area (Å²) in [5, 5.41) is 11.1. The molecule has 28 heavy (non-hydrogen) atoms. The predicted molar refractivity (Wildman–Crippen MR) is 105 cm³/mol. The van der Waals surface area contributed by atoms with E-state index in [0.29, 0.717) is 17.3 Å². The van der Waals surface area contributed by atoms with Crippen LogP contribution in [0.4, 0.5) is 17.3 Å². The van der Waals surface area contributed by atoms with Crippen molar-refractivity contribution >= 4 is 27.3 Å². The Morgan fingerprint density at radius 1 is 0.857 bits per heavy atom. The van der Waals surface area contributed by atoms with Gasteiger partial charge in [-0.25, -0.2) is 8.42 Å². The Balaban J connectivity index is 1.49. The standard InChI is InChI=1S/C19H18N4O4S/c1-12-7-13(2)9-14(8-12)20-18-5-6-19(22-21-18)23-28(24,25)15-3-4-16-17(10-15)27-11-26-16/h3-10H,11H2,1-2H3,(H,20,21)(H,22,23). The fourth-order valence-electron chi connectivity index (χ4n) is 2.89. The Kier molecular flexibility index (Phi) is 4.52. The highest BCUT2D eigenvalue weighted by atomic mass is 32.2. The second kappa shape index (κ2) is 7.01. The minimum absolute atomic E-state index is 0.0518. The predicted octanol–water partition coefficient (Wildman–Crippen LogP) is 3.37. The van der Waals surface area contributed by atoms with Crippen LogP contribution in [0.3, 0.4) is 0 Å². The summed E-state index contributed by atoms with van der Waals surface area (Å²) in [4.78, 5) is 0.0518. The number of anilines is 3. The van der Waals surface area contributed by atoms with Crippen molar-refractivity contribution in [3.8, 4) is 11.5 Å². The number of nitrogens with zero attached hydrogens (tertiary/aromatic N) is 2. The minimum atomic E-state index is -3.83. The quantitative estimate of drug-likeness (QED) is 0.679. The zero-order valence-electron chi connectivity index (χ0n) is 15.3. The lowest BCUT2D eigenvalue weighted by Gasteiger charge is -2.10. The molecule has 0 saturated heterocycles. The van der Waals surface area contributed by atoms with Gasteiger partial charge in [-0.05, 0) is 61.4 Å². The Morgan fingerprint density at radius 2 is 1.54 bits per heavy atom. The highest BCUT2D eigenvalue weighted by Crippen LogP contribution is 2.34. The first-order valence-electron chi connectivity index (χ1n) is 8.51. The summed E-state index contributed by atoms with van der Waals surface area (Å²) < 4.78 is 37.9. The summed E-state index contributed by atoms with van der Waals surface area (Å²) >= 11 is 0. The minimum Gasteiger partial charge on any atom is -0.454 e. The molecule has 0 fully saturated rings. The van der Waals surface area contributed by atoms with E-state index in [2.05, 4.69) is 26.3 Å². The first kappa shape index (κ1) is 18.1. The number of aromatic nitrogens is 2. The van der Waals surface area contributed by atoms with Crippen molar-refractivity contribution in [2.24, 2.45) is 0 Å². The molecule has 0 saturated carbocycles. The Labute approximate surface area is 162 Å². The van der Waals surface area contributed by atoms with Gasteiger partial charge < -0.3 is 14.8 Å². The lowest BCUT2D eigenvalue weighted by Crippen LogP contribution is -2.14. The Bertz CT molecular complexity index is 1110. The van der Waals surface area contributed by atoms with Crippen molar-refractivity contribution in [3.63, 3.8) is 0 Å². The van der Waals surface area contributed by atoms with Gasteiger partial charge in [-0.3, -0.25) is 4.72 Å². The third-order valence-corrected chi connectivity index (χ3v) is 5.40. The van der Waals surface area contributed by atoms with Gasteiger partial charge in [0.05, 0.1) is 4.90 Å². The molecule has 2 aromatic carbocycles.